The summed E-state index contributed by atoms with van der Waals surface area (Å²) in [6.45, 7) is 8.54. The third-order valence-corrected chi connectivity index (χ3v) is 6.70. The Morgan fingerprint density at radius 1 is 1.28 bits per heavy atom. The predicted octanol–water partition coefficient (Wildman–Crippen LogP) is 2.18. The molecule has 0 unspecified atom stereocenters. The lowest BCUT2D eigenvalue weighted by Crippen LogP contribution is -2.38. The molecule has 0 saturated carbocycles. The van der Waals surface area contributed by atoms with Gasteiger partial charge in [-0.15, -0.1) is 0 Å². The second-order valence-corrected chi connectivity index (χ2v) is 8.96. The fourth-order valence-corrected chi connectivity index (χ4v) is 5.08. The minimum atomic E-state index is -3.52. The summed E-state index contributed by atoms with van der Waals surface area (Å²) in [5.74, 6) is 1.94. The average molecular weight is 367 g/mol. The van der Waals surface area contributed by atoms with Gasteiger partial charge in [-0.05, 0) is 32.6 Å². The standard InChI is InChI=1S/C16H25N5O3S/c1-10(2)9-14-17-16(24-20-14)13-5-7-21(8-6-13)25(22,23)15-11(3)18-19-12(15)4/h10,13H,5-9H2,1-4H3,(H,18,19). The van der Waals surface area contributed by atoms with Crippen LogP contribution in [-0.2, 0) is 16.4 Å². The first kappa shape index (κ1) is 18.1. The van der Waals surface area contributed by atoms with Crippen molar-refractivity contribution in [1.29, 1.82) is 0 Å². The molecule has 0 aromatic carbocycles. The van der Waals surface area contributed by atoms with Crippen LogP contribution in [0.15, 0.2) is 9.42 Å². The first-order valence-electron chi connectivity index (χ1n) is 8.63. The van der Waals surface area contributed by atoms with Gasteiger partial charge in [0.1, 0.15) is 4.90 Å². The topological polar surface area (TPSA) is 105 Å². The summed E-state index contributed by atoms with van der Waals surface area (Å²) in [5.41, 5.74) is 1.09. The van der Waals surface area contributed by atoms with Gasteiger partial charge in [-0.25, -0.2) is 8.42 Å². The summed E-state index contributed by atoms with van der Waals surface area (Å²) in [7, 11) is -3.52. The molecular weight excluding hydrogens is 342 g/mol. The highest BCUT2D eigenvalue weighted by Crippen LogP contribution is 2.31. The Morgan fingerprint density at radius 2 is 1.96 bits per heavy atom. The molecule has 0 aliphatic carbocycles. The molecule has 1 saturated heterocycles. The Balaban J connectivity index is 1.68. The van der Waals surface area contributed by atoms with Gasteiger partial charge >= 0.3 is 0 Å². The van der Waals surface area contributed by atoms with E-state index in [2.05, 4.69) is 34.2 Å². The maximum absolute atomic E-state index is 12.9. The van der Waals surface area contributed by atoms with Gasteiger partial charge in [-0.1, -0.05) is 19.0 Å². The molecule has 2 aromatic rings. The Kier molecular flexibility index (Phi) is 4.97. The zero-order chi connectivity index (χ0) is 18.2. The summed E-state index contributed by atoms with van der Waals surface area (Å²) >= 11 is 0. The molecule has 0 spiro atoms. The Morgan fingerprint density at radius 3 is 2.52 bits per heavy atom. The number of aryl methyl sites for hydroxylation is 2. The van der Waals surface area contributed by atoms with Crippen LogP contribution in [0.25, 0.3) is 0 Å². The molecular formula is C16H25N5O3S. The van der Waals surface area contributed by atoms with Crippen molar-refractivity contribution in [3.63, 3.8) is 0 Å². The van der Waals surface area contributed by atoms with Crippen LogP contribution >= 0.6 is 0 Å². The molecule has 0 radical (unpaired) electrons. The van der Waals surface area contributed by atoms with E-state index in [1.807, 2.05) is 0 Å². The van der Waals surface area contributed by atoms with Crippen molar-refractivity contribution in [2.45, 2.75) is 57.8 Å². The highest BCUT2D eigenvalue weighted by Gasteiger charge is 2.34. The zero-order valence-corrected chi connectivity index (χ0v) is 15.9. The first-order chi connectivity index (χ1) is 11.8. The summed E-state index contributed by atoms with van der Waals surface area (Å²) < 4.78 is 32.7. The van der Waals surface area contributed by atoms with Crippen LogP contribution in [-0.4, -0.2) is 46.2 Å². The van der Waals surface area contributed by atoms with E-state index < -0.39 is 10.0 Å². The highest BCUT2D eigenvalue weighted by atomic mass is 32.2. The first-order valence-corrected chi connectivity index (χ1v) is 10.1. The zero-order valence-electron chi connectivity index (χ0n) is 15.1. The van der Waals surface area contributed by atoms with Gasteiger partial charge in [-0.2, -0.15) is 14.4 Å². The SMILES string of the molecule is Cc1n[nH]c(C)c1S(=O)(=O)N1CCC(c2nc(CC(C)C)no2)CC1. The highest BCUT2D eigenvalue weighted by molar-refractivity contribution is 7.89. The normalized spacial score (nSPS) is 17.5. The maximum atomic E-state index is 12.9. The Hall–Kier alpha value is -1.74. The number of hydrogen-bond acceptors (Lipinski definition) is 6. The average Bonchev–Trinajstić information content (AvgIpc) is 3.14. The third-order valence-electron chi connectivity index (χ3n) is 4.54. The number of nitrogens with one attached hydrogen (secondary N) is 1. The van der Waals surface area contributed by atoms with Crippen molar-refractivity contribution in [2.75, 3.05) is 13.1 Å². The lowest BCUT2D eigenvalue weighted by molar-refractivity contribution is 0.270. The number of hydrogen-bond donors (Lipinski definition) is 1. The summed E-state index contributed by atoms with van der Waals surface area (Å²) in [5, 5.41) is 10.8. The van der Waals surface area contributed by atoms with E-state index in [0.29, 0.717) is 54.0 Å². The van der Waals surface area contributed by atoms with Gasteiger partial charge in [0, 0.05) is 25.4 Å². The van der Waals surface area contributed by atoms with Gasteiger partial charge in [-0.3, -0.25) is 5.10 Å². The second-order valence-electron chi connectivity index (χ2n) is 7.09. The quantitative estimate of drug-likeness (QED) is 0.868. The number of piperidine rings is 1. The molecule has 1 fully saturated rings. The lowest BCUT2D eigenvalue weighted by Gasteiger charge is -2.29. The summed E-state index contributed by atoms with van der Waals surface area (Å²) in [4.78, 5) is 4.77. The van der Waals surface area contributed by atoms with Gasteiger partial charge in [0.05, 0.1) is 11.4 Å². The number of nitrogens with zero attached hydrogens (tertiary/aromatic N) is 4. The molecule has 1 aliphatic heterocycles. The van der Waals surface area contributed by atoms with Crippen LogP contribution in [0.3, 0.4) is 0 Å². The number of aromatic nitrogens is 4. The molecule has 3 heterocycles. The van der Waals surface area contributed by atoms with E-state index in [0.717, 1.165) is 12.2 Å². The van der Waals surface area contributed by atoms with Crippen molar-refractivity contribution in [2.24, 2.45) is 5.92 Å². The molecule has 25 heavy (non-hydrogen) atoms. The van der Waals surface area contributed by atoms with Gasteiger partial charge < -0.3 is 4.52 Å². The molecule has 138 valence electrons. The summed E-state index contributed by atoms with van der Waals surface area (Å²) in [6, 6.07) is 0. The molecule has 1 N–H and O–H groups in total. The van der Waals surface area contributed by atoms with E-state index >= 15 is 0 Å². The van der Waals surface area contributed by atoms with Crippen LogP contribution in [0.5, 0.6) is 0 Å². The molecule has 3 rings (SSSR count). The number of sulfonamides is 1. The molecule has 0 amide bonds. The molecule has 0 bridgehead atoms. The van der Waals surface area contributed by atoms with E-state index in [4.69, 9.17) is 4.52 Å². The number of H-pyrrole nitrogens is 1. The van der Waals surface area contributed by atoms with Crippen LogP contribution < -0.4 is 0 Å². The van der Waals surface area contributed by atoms with E-state index in [-0.39, 0.29) is 5.92 Å². The Bertz CT molecular complexity index is 812. The molecule has 2 aromatic heterocycles. The van der Waals surface area contributed by atoms with Crippen molar-refractivity contribution >= 4 is 10.0 Å². The van der Waals surface area contributed by atoms with Gasteiger partial charge in [0.15, 0.2) is 5.82 Å². The van der Waals surface area contributed by atoms with Gasteiger partial charge in [0.2, 0.25) is 15.9 Å². The molecule has 8 nitrogen and oxygen atoms in total. The van der Waals surface area contributed by atoms with Crippen LogP contribution in [0, 0.1) is 19.8 Å². The van der Waals surface area contributed by atoms with E-state index in [9.17, 15) is 8.42 Å². The van der Waals surface area contributed by atoms with Crippen molar-refractivity contribution in [1.82, 2.24) is 24.6 Å². The molecule has 0 atom stereocenters. The lowest BCUT2D eigenvalue weighted by atomic mass is 9.98. The van der Waals surface area contributed by atoms with E-state index in [1.165, 1.54) is 4.31 Å². The van der Waals surface area contributed by atoms with Crippen LogP contribution in [0.2, 0.25) is 0 Å². The third kappa shape index (κ3) is 3.62. The molecule has 9 heteroatoms. The number of aromatic amines is 1. The maximum Gasteiger partial charge on any atom is 0.246 e. The van der Waals surface area contributed by atoms with Gasteiger partial charge in [0.25, 0.3) is 0 Å². The number of rotatable bonds is 5. The largest absolute Gasteiger partial charge is 0.339 e. The smallest absolute Gasteiger partial charge is 0.246 e. The second kappa shape index (κ2) is 6.87. The van der Waals surface area contributed by atoms with Crippen molar-refractivity contribution in [3.05, 3.63) is 23.1 Å². The van der Waals surface area contributed by atoms with Crippen LogP contribution in [0.1, 0.15) is 55.7 Å². The fraction of sp³-hybridized carbons (Fsp3) is 0.688. The van der Waals surface area contributed by atoms with Crippen molar-refractivity contribution in [3.8, 4) is 0 Å². The van der Waals surface area contributed by atoms with Crippen molar-refractivity contribution < 1.29 is 12.9 Å². The van der Waals surface area contributed by atoms with E-state index in [1.54, 1.807) is 13.8 Å². The fourth-order valence-electron chi connectivity index (χ4n) is 3.27. The van der Waals surface area contributed by atoms with Crippen LogP contribution in [0.4, 0.5) is 0 Å². The summed E-state index contributed by atoms with van der Waals surface area (Å²) in [6.07, 6.45) is 2.15. The molecule has 1 aliphatic rings. The predicted molar refractivity (Wildman–Crippen MR) is 91.6 cm³/mol. The minimum absolute atomic E-state index is 0.117. The monoisotopic (exact) mass is 367 g/mol. The Labute approximate surface area is 148 Å². The minimum Gasteiger partial charge on any atom is -0.339 e.